The van der Waals surface area contributed by atoms with Gasteiger partial charge in [-0.3, -0.25) is 15.6 Å². The molecule has 0 spiro atoms. The lowest BCUT2D eigenvalue weighted by atomic mass is 10.1. The normalized spacial score (nSPS) is 10.9. The monoisotopic (exact) mass is 442 g/mol. The average Bonchev–Trinajstić information content (AvgIpc) is 3.18. The fourth-order valence-electron chi connectivity index (χ4n) is 3.38. The Morgan fingerprint density at radius 1 is 1.16 bits per heavy atom. The van der Waals surface area contributed by atoms with E-state index in [9.17, 15) is 15.0 Å². The number of aryl methyl sites for hydroxylation is 1. The van der Waals surface area contributed by atoms with Gasteiger partial charge in [-0.25, -0.2) is 0 Å². The number of fused-ring (bicyclic) bond motifs is 1. The van der Waals surface area contributed by atoms with Crippen molar-refractivity contribution < 1.29 is 19.7 Å². The smallest absolute Gasteiger partial charge is 0.273 e. The summed E-state index contributed by atoms with van der Waals surface area (Å²) in [5.41, 5.74) is 7.38. The number of ether oxygens (including phenoxy) is 1. The summed E-state index contributed by atoms with van der Waals surface area (Å²) in [6.07, 6.45) is 2.50. The predicted octanol–water partition coefficient (Wildman–Crippen LogP) is 3.84. The average molecular weight is 443 g/mol. The summed E-state index contributed by atoms with van der Waals surface area (Å²) in [7, 11) is 1.63. The van der Waals surface area contributed by atoms with Gasteiger partial charge in [-0.1, -0.05) is 6.92 Å². The second kappa shape index (κ2) is 9.13. The van der Waals surface area contributed by atoms with Crippen molar-refractivity contribution in [1.29, 1.82) is 0 Å². The number of phenolic OH excluding ortho intramolecular Hbond substituents is 2. The van der Waals surface area contributed by atoms with Crippen molar-refractivity contribution in [3.05, 3.63) is 47.7 Å². The van der Waals surface area contributed by atoms with Crippen LogP contribution in [0, 0.1) is 0 Å². The van der Waals surface area contributed by atoms with Crippen LogP contribution in [0.1, 0.15) is 42.7 Å². The third-order valence-corrected chi connectivity index (χ3v) is 5.18. The maximum Gasteiger partial charge on any atom is 0.273 e. The van der Waals surface area contributed by atoms with E-state index >= 15 is 0 Å². The maximum atomic E-state index is 12.5. The molecule has 0 aliphatic carbocycles. The first-order valence-electron chi connectivity index (χ1n) is 9.86. The Labute approximate surface area is 185 Å². The number of anilines is 1. The molecule has 0 bridgehead atoms. The Morgan fingerprint density at radius 3 is 2.55 bits per heavy atom. The number of thiocarbonyl (C=S) groups is 1. The molecule has 1 heterocycles. The topological polar surface area (TPSA) is 108 Å². The van der Waals surface area contributed by atoms with E-state index in [0.29, 0.717) is 12.0 Å². The summed E-state index contributed by atoms with van der Waals surface area (Å²) in [6, 6.07) is 8.52. The predicted molar refractivity (Wildman–Crippen MR) is 125 cm³/mol. The molecule has 5 N–H and O–H groups in total. The van der Waals surface area contributed by atoms with Crippen LogP contribution >= 0.6 is 12.2 Å². The van der Waals surface area contributed by atoms with Gasteiger partial charge < -0.3 is 24.8 Å². The van der Waals surface area contributed by atoms with Crippen molar-refractivity contribution >= 4 is 39.8 Å². The second-order valence-corrected chi connectivity index (χ2v) is 7.69. The Hall–Kier alpha value is -3.46. The van der Waals surface area contributed by atoms with E-state index in [1.807, 2.05) is 31.3 Å². The maximum absolute atomic E-state index is 12.5. The quantitative estimate of drug-likeness (QED) is 0.302. The van der Waals surface area contributed by atoms with Gasteiger partial charge in [0, 0.05) is 29.4 Å². The molecule has 0 saturated carbocycles. The highest BCUT2D eigenvalue weighted by molar-refractivity contribution is 7.80. The standard InChI is InChI=1S/C22H26N4O4S/c1-5-13-10-15(18(28)11-17(13)27)21(29)24-25-22(31)23-16-6-7-19(30-4)20-14(16)8-9-26(20)12(2)3/h6-12,27-28H,5H2,1-4H3,(H,24,29)(H2,23,25,31). The van der Waals surface area contributed by atoms with Crippen LogP contribution in [0.5, 0.6) is 17.2 Å². The molecule has 0 fully saturated rings. The van der Waals surface area contributed by atoms with Crippen molar-refractivity contribution in [2.24, 2.45) is 0 Å². The molecule has 3 rings (SSSR count). The second-order valence-electron chi connectivity index (χ2n) is 7.28. The van der Waals surface area contributed by atoms with Crippen LogP contribution in [0.25, 0.3) is 10.9 Å². The van der Waals surface area contributed by atoms with Crippen molar-refractivity contribution in [1.82, 2.24) is 15.4 Å². The summed E-state index contributed by atoms with van der Waals surface area (Å²) in [5.74, 6) is -0.207. The van der Waals surface area contributed by atoms with Crippen LogP contribution < -0.4 is 20.9 Å². The zero-order valence-electron chi connectivity index (χ0n) is 17.8. The van der Waals surface area contributed by atoms with E-state index in [2.05, 4.69) is 34.6 Å². The molecule has 9 heteroatoms. The Bertz CT molecular complexity index is 1140. The minimum absolute atomic E-state index is 0.0331. The first-order chi connectivity index (χ1) is 14.8. The molecule has 164 valence electrons. The van der Waals surface area contributed by atoms with Gasteiger partial charge in [0.25, 0.3) is 5.91 Å². The van der Waals surface area contributed by atoms with E-state index in [1.54, 1.807) is 7.11 Å². The van der Waals surface area contributed by atoms with E-state index < -0.39 is 5.91 Å². The van der Waals surface area contributed by atoms with Crippen molar-refractivity contribution in [3.63, 3.8) is 0 Å². The van der Waals surface area contributed by atoms with E-state index in [4.69, 9.17) is 17.0 Å². The largest absolute Gasteiger partial charge is 0.508 e. The number of aromatic hydroxyl groups is 2. The lowest BCUT2D eigenvalue weighted by molar-refractivity contribution is 0.0941. The third-order valence-electron chi connectivity index (χ3n) is 4.98. The van der Waals surface area contributed by atoms with Crippen molar-refractivity contribution in [3.8, 4) is 17.2 Å². The minimum Gasteiger partial charge on any atom is -0.508 e. The van der Waals surface area contributed by atoms with Crippen LogP contribution in [0.3, 0.4) is 0 Å². The highest BCUT2D eigenvalue weighted by Crippen LogP contribution is 2.34. The molecule has 31 heavy (non-hydrogen) atoms. The van der Waals surface area contributed by atoms with Gasteiger partial charge in [0.1, 0.15) is 17.2 Å². The van der Waals surface area contributed by atoms with E-state index in [-0.39, 0.29) is 28.2 Å². The first kappa shape index (κ1) is 22.2. The summed E-state index contributed by atoms with van der Waals surface area (Å²) < 4.78 is 7.62. The number of hydrogen-bond acceptors (Lipinski definition) is 5. The molecule has 8 nitrogen and oxygen atoms in total. The number of rotatable bonds is 5. The molecule has 0 aliphatic rings. The zero-order chi connectivity index (χ0) is 22.7. The molecular formula is C22H26N4O4S. The number of benzene rings is 2. The summed E-state index contributed by atoms with van der Waals surface area (Å²) in [6.45, 7) is 6.01. The van der Waals surface area contributed by atoms with E-state index in [0.717, 1.165) is 28.4 Å². The minimum atomic E-state index is -0.581. The van der Waals surface area contributed by atoms with E-state index in [1.165, 1.54) is 6.07 Å². The summed E-state index contributed by atoms with van der Waals surface area (Å²) in [4.78, 5) is 12.5. The van der Waals surface area contributed by atoms with Gasteiger partial charge in [-0.05, 0) is 62.3 Å². The molecule has 0 saturated heterocycles. The van der Waals surface area contributed by atoms with Gasteiger partial charge in [0.05, 0.1) is 18.2 Å². The number of methoxy groups -OCH3 is 1. The summed E-state index contributed by atoms with van der Waals surface area (Å²) >= 11 is 5.31. The molecule has 0 atom stereocenters. The number of aromatic nitrogens is 1. The summed E-state index contributed by atoms with van der Waals surface area (Å²) in [5, 5.41) is 23.9. The molecule has 0 unspecified atom stereocenters. The van der Waals surface area contributed by atoms with Gasteiger partial charge in [0.2, 0.25) is 0 Å². The number of amides is 1. The number of hydrogen-bond donors (Lipinski definition) is 5. The van der Waals surface area contributed by atoms with Crippen LogP contribution in [-0.4, -0.2) is 32.9 Å². The van der Waals surface area contributed by atoms with Gasteiger partial charge in [-0.2, -0.15) is 0 Å². The molecule has 1 aromatic heterocycles. The molecule has 3 aromatic rings. The highest BCUT2D eigenvalue weighted by atomic mass is 32.1. The Balaban J connectivity index is 1.75. The number of nitrogens with one attached hydrogen (secondary N) is 3. The van der Waals surface area contributed by atoms with Gasteiger partial charge in [-0.15, -0.1) is 0 Å². The molecule has 0 aliphatic heterocycles. The van der Waals surface area contributed by atoms with Crippen molar-refractivity contribution in [2.45, 2.75) is 33.2 Å². The number of nitrogens with zero attached hydrogens (tertiary/aromatic N) is 1. The van der Waals surface area contributed by atoms with Gasteiger partial charge >= 0.3 is 0 Å². The molecule has 2 aromatic carbocycles. The van der Waals surface area contributed by atoms with Crippen LogP contribution in [0.15, 0.2) is 36.5 Å². The van der Waals surface area contributed by atoms with Crippen LogP contribution in [0.4, 0.5) is 5.69 Å². The van der Waals surface area contributed by atoms with Crippen LogP contribution in [-0.2, 0) is 6.42 Å². The Kier molecular flexibility index (Phi) is 6.55. The Morgan fingerprint density at radius 2 is 1.90 bits per heavy atom. The number of carbonyl (C=O) groups excluding carboxylic acids is 1. The SMILES string of the molecule is CCc1cc(C(=O)NNC(=S)Nc2ccc(OC)c3c2ccn3C(C)C)c(O)cc1O. The zero-order valence-corrected chi connectivity index (χ0v) is 18.6. The fourth-order valence-corrected chi connectivity index (χ4v) is 3.54. The lowest BCUT2D eigenvalue weighted by Gasteiger charge is -2.16. The highest BCUT2D eigenvalue weighted by Gasteiger charge is 2.16. The number of carbonyl (C=O) groups is 1. The number of hydrazine groups is 1. The first-order valence-corrected chi connectivity index (χ1v) is 10.3. The lowest BCUT2D eigenvalue weighted by Crippen LogP contribution is -2.43. The molecule has 0 radical (unpaired) electrons. The third kappa shape index (κ3) is 4.51. The molecule has 1 amide bonds. The fraction of sp³-hybridized carbons (Fsp3) is 0.273. The van der Waals surface area contributed by atoms with Gasteiger partial charge in [0.15, 0.2) is 5.11 Å². The van der Waals surface area contributed by atoms with Crippen LogP contribution in [0.2, 0.25) is 0 Å². The molecular weight excluding hydrogens is 416 g/mol. The number of phenols is 2. The van der Waals surface area contributed by atoms with Crippen molar-refractivity contribution in [2.75, 3.05) is 12.4 Å².